The number of carbonyl (C=O) groups excluding carboxylic acids is 2. The Morgan fingerprint density at radius 1 is 1.00 bits per heavy atom. The van der Waals surface area contributed by atoms with Gasteiger partial charge in [0.1, 0.15) is 0 Å². The van der Waals surface area contributed by atoms with Gasteiger partial charge >= 0.3 is 0 Å². The summed E-state index contributed by atoms with van der Waals surface area (Å²) in [5.41, 5.74) is 0. The lowest BCUT2D eigenvalue weighted by Crippen LogP contribution is -2.49. The van der Waals surface area contributed by atoms with Crippen LogP contribution >= 0.6 is 0 Å². The number of carbonyl (C=O) groups is 2. The lowest BCUT2D eigenvalue weighted by atomic mass is 9.94. The maximum absolute atomic E-state index is 12.5. The molecule has 0 radical (unpaired) electrons. The van der Waals surface area contributed by atoms with E-state index in [4.69, 9.17) is 4.74 Å². The molecule has 1 unspecified atom stereocenters. The van der Waals surface area contributed by atoms with E-state index in [-0.39, 0.29) is 23.9 Å². The molecule has 0 N–H and O–H groups in total. The number of morpholine rings is 1. The molecule has 0 aromatic rings. The van der Waals surface area contributed by atoms with Gasteiger partial charge in [-0.3, -0.25) is 19.4 Å². The topological polar surface area (TPSA) is 49.9 Å². The van der Waals surface area contributed by atoms with Crippen LogP contribution in [0.3, 0.4) is 0 Å². The molecule has 19 heavy (non-hydrogen) atoms. The average molecular weight is 266 g/mol. The number of hydrogen-bond acceptors (Lipinski definition) is 4. The van der Waals surface area contributed by atoms with Gasteiger partial charge in [-0.1, -0.05) is 19.3 Å². The molecular weight excluding hydrogens is 244 g/mol. The van der Waals surface area contributed by atoms with Gasteiger partial charge in [-0.25, -0.2) is 0 Å². The van der Waals surface area contributed by atoms with Crippen molar-refractivity contribution in [1.29, 1.82) is 0 Å². The van der Waals surface area contributed by atoms with Gasteiger partial charge in [0.05, 0.1) is 25.7 Å². The van der Waals surface area contributed by atoms with Gasteiger partial charge in [0.2, 0.25) is 11.8 Å². The smallest absolute Gasteiger partial charge is 0.247 e. The standard InChI is InChI=1S/C14H22N2O3/c17-13-10-12(15-6-8-19-9-7-15)14(18)16(13)11-4-2-1-3-5-11/h11-12H,1-10H2. The maximum Gasteiger partial charge on any atom is 0.247 e. The minimum Gasteiger partial charge on any atom is -0.379 e. The van der Waals surface area contributed by atoms with Crippen molar-refractivity contribution in [1.82, 2.24) is 9.80 Å². The largest absolute Gasteiger partial charge is 0.379 e. The minimum atomic E-state index is -0.224. The third-order valence-electron chi connectivity index (χ3n) is 4.59. The number of likely N-dealkylation sites (tertiary alicyclic amines) is 1. The monoisotopic (exact) mass is 266 g/mol. The molecule has 2 heterocycles. The quantitative estimate of drug-likeness (QED) is 0.693. The van der Waals surface area contributed by atoms with Gasteiger partial charge < -0.3 is 4.74 Å². The van der Waals surface area contributed by atoms with Crippen molar-refractivity contribution >= 4 is 11.8 Å². The summed E-state index contributed by atoms with van der Waals surface area (Å²) in [5.74, 6) is 0.0761. The molecule has 3 fully saturated rings. The number of hydrogen-bond donors (Lipinski definition) is 0. The van der Waals surface area contributed by atoms with Crippen LogP contribution in [0.25, 0.3) is 0 Å². The zero-order valence-corrected chi connectivity index (χ0v) is 11.3. The summed E-state index contributed by atoms with van der Waals surface area (Å²) >= 11 is 0. The first-order valence-electron chi connectivity index (χ1n) is 7.45. The summed E-state index contributed by atoms with van der Waals surface area (Å²) in [7, 11) is 0. The van der Waals surface area contributed by atoms with Crippen molar-refractivity contribution in [3.05, 3.63) is 0 Å². The molecule has 0 aromatic heterocycles. The second-order valence-corrected chi connectivity index (χ2v) is 5.76. The van der Waals surface area contributed by atoms with E-state index in [1.807, 2.05) is 0 Å². The van der Waals surface area contributed by atoms with Crippen LogP contribution in [0.5, 0.6) is 0 Å². The summed E-state index contributed by atoms with van der Waals surface area (Å²) in [5, 5.41) is 0. The molecule has 2 saturated heterocycles. The first kappa shape index (κ1) is 13.1. The molecule has 0 bridgehead atoms. The van der Waals surface area contributed by atoms with Crippen molar-refractivity contribution in [2.24, 2.45) is 0 Å². The Bertz CT molecular complexity index is 360. The molecule has 5 nitrogen and oxygen atoms in total. The summed E-state index contributed by atoms with van der Waals surface area (Å²) in [6, 6.07) is -0.0573. The normalized spacial score (nSPS) is 31.2. The van der Waals surface area contributed by atoms with Crippen LogP contribution in [0.4, 0.5) is 0 Å². The van der Waals surface area contributed by atoms with E-state index in [0.717, 1.165) is 38.8 Å². The van der Waals surface area contributed by atoms with Crippen molar-refractivity contribution in [3.63, 3.8) is 0 Å². The van der Waals surface area contributed by atoms with Crippen molar-refractivity contribution < 1.29 is 14.3 Å². The molecule has 1 saturated carbocycles. The van der Waals surface area contributed by atoms with Crippen LogP contribution in [-0.2, 0) is 14.3 Å². The Morgan fingerprint density at radius 2 is 1.68 bits per heavy atom. The van der Waals surface area contributed by atoms with E-state index in [9.17, 15) is 9.59 Å². The van der Waals surface area contributed by atoms with E-state index in [2.05, 4.69) is 4.90 Å². The van der Waals surface area contributed by atoms with Crippen LogP contribution in [0.15, 0.2) is 0 Å². The molecule has 0 aromatic carbocycles. The van der Waals surface area contributed by atoms with Crippen molar-refractivity contribution in [2.45, 2.75) is 50.6 Å². The predicted octanol–water partition coefficient (Wildman–Crippen LogP) is 0.779. The molecule has 1 atom stereocenters. The summed E-state index contributed by atoms with van der Waals surface area (Å²) in [4.78, 5) is 28.4. The molecule has 106 valence electrons. The zero-order chi connectivity index (χ0) is 13.2. The molecule has 2 aliphatic heterocycles. The zero-order valence-electron chi connectivity index (χ0n) is 11.3. The second-order valence-electron chi connectivity index (χ2n) is 5.76. The van der Waals surface area contributed by atoms with Crippen molar-refractivity contribution in [2.75, 3.05) is 26.3 Å². The Balaban J connectivity index is 1.69. The van der Waals surface area contributed by atoms with Crippen LogP contribution in [-0.4, -0.2) is 60.0 Å². The van der Waals surface area contributed by atoms with E-state index >= 15 is 0 Å². The third-order valence-corrected chi connectivity index (χ3v) is 4.59. The highest BCUT2D eigenvalue weighted by molar-refractivity contribution is 6.05. The average Bonchev–Trinajstić information content (AvgIpc) is 2.76. The number of amides is 2. The third kappa shape index (κ3) is 2.54. The first-order valence-corrected chi connectivity index (χ1v) is 7.45. The highest BCUT2D eigenvalue weighted by atomic mass is 16.5. The lowest BCUT2D eigenvalue weighted by molar-refractivity contribution is -0.143. The van der Waals surface area contributed by atoms with E-state index in [1.165, 1.54) is 6.42 Å². The predicted molar refractivity (Wildman–Crippen MR) is 69.5 cm³/mol. The van der Waals surface area contributed by atoms with Gasteiger partial charge in [0, 0.05) is 19.1 Å². The molecule has 2 amide bonds. The summed E-state index contributed by atoms with van der Waals surface area (Å²) in [6.07, 6.45) is 5.88. The molecule has 0 spiro atoms. The van der Waals surface area contributed by atoms with E-state index in [0.29, 0.717) is 19.6 Å². The summed E-state index contributed by atoms with van der Waals surface area (Å²) in [6.45, 7) is 2.87. The van der Waals surface area contributed by atoms with Gasteiger partial charge in [0.15, 0.2) is 0 Å². The van der Waals surface area contributed by atoms with Gasteiger partial charge in [-0.15, -0.1) is 0 Å². The first-order chi connectivity index (χ1) is 9.27. The Hall–Kier alpha value is -0.940. The number of imide groups is 1. The minimum absolute atomic E-state index is 0.0355. The SMILES string of the molecule is O=C1CC(N2CCOCC2)C(=O)N1C1CCCCC1. The van der Waals surface area contributed by atoms with Crippen LogP contribution in [0.1, 0.15) is 38.5 Å². The van der Waals surface area contributed by atoms with E-state index < -0.39 is 0 Å². The Labute approximate surface area is 113 Å². The van der Waals surface area contributed by atoms with Gasteiger partial charge in [0.25, 0.3) is 0 Å². The summed E-state index contributed by atoms with van der Waals surface area (Å²) < 4.78 is 5.31. The second kappa shape index (κ2) is 5.59. The number of rotatable bonds is 2. The lowest BCUT2D eigenvalue weighted by Gasteiger charge is -2.33. The van der Waals surface area contributed by atoms with Crippen LogP contribution in [0.2, 0.25) is 0 Å². The molecule has 3 rings (SSSR count). The molecule has 1 aliphatic carbocycles. The Morgan fingerprint density at radius 3 is 2.37 bits per heavy atom. The molecule has 3 aliphatic rings. The number of ether oxygens (including phenoxy) is 1. The van der Waals surface area contributed by atoms with E-state index in [1.54, 1.807) is 4.90 Å². The fourth-order valence-corrected chi connectivity index (χ4v) is 3.53. The molecule has 5 heteroatoms. The van der Waals surface area contributed by atoms with Crippen molar-refractivity contribution in [3.8, 4) is 0 Å². The fourth-order valence-electron chi connectivity index (χ4n) is 3.53. The fraction of sp³-hybridized carbons (Fsp3) is 0.857. The Kier molecular flexibility index (Phi) is 3.84. The van der Waals surface area contributed by atoms with Crippen LogP contribution in [0, 0.1) is 0 Å². The highest BCUT2D eigenvalue weighted by Crippen LogP contribution is 2.29. The molecular formula is C14H22N2O3. The highest BCUT2D eigenvalue weighted by Gasteiger charge is 2.45. The van der Waals surface area contributed by atoms with Gasteiger partial charge in [-0.2, -0.15) is 0 Å². The number of nitrogens with zero attached hydrogens (tertiary/aromatic N) is 2. The van der Waals surface area contributed by atoms with Crippen LogP contribution < -0.4 is 0 Å². The maximum atomic E-state index is 12.5. The van der Waals surface area contributed by atoms with Gasteiger partial charge in [-0.05, 0) is 12.8 Å².